The van der Waals surface area contributed by atoms with Crippen molar-refractivity contribution in [1.29, 1.82) is 0 Å². The maximum absolute atomic E-state index is 13.0. The van der Waals surface area contributed by atoms with Crippen molar-refractivity contribution in [3.05, 3.63) is 63.4 Å². The van der Waals surface area contributed by atoms with Gasteiger partial charge >= 0.3 is 0 Å². The van der Waals surface area contributed by atoms with Gasteiger partial charge in [0, 0.05) is 24.9 Å². The lowest BCUT2D eigenvalue weighted by atomic mass is 9.98. The summed E-state index contributed by atoms with van der Waals surface area (Å²) >= 11 is 12.4. The molecule has 0 radical (unpaired) electrons. The van der Waals surface area contributed by atoms with Crippen LogP contribution in [0.5, 0.6) is 5.75 Å². The van der Waals surface area contributed by atoms with Crippen LogP contribution in [0.1, 0.15) is 37.6 Å². The molecule has 1 aliphatic rings. The van der Waals surface area contributed by atoms with Gasteiger partial charge in [0.05, 0.1) is 34.5 Å². The van der Waals surface area contributed by atoms with Crippen LogP contribution in [-0.2, 0) is 14.3 Å². The molecular weight excluding hydrogens is 455 g/mol. The molecule has 1 atom stereocenters. The number of nitrogens with zero attached hydrogens (tertiary/aromatic N) is 2. The number of halogens is 2. The molecular formula is C23H24Cl2N2O5. The minimum Gasteiger partial charge on any atom is -0.507 e. The van der Waals surface area contributed by atoms with Crippen LogP contribution < -0.4 is 4.74 Å². The van der Waals surface area contributed by atoms with Crippen LogP contribution >= 0.6 is 23.2 Å². The van der Waals surface area contributed by atoms with Gasteiger partial charge in [-0.25, -0.2) is 0 Å². The number of carbonyl (C=O) groups is 2. The first kappa shape index (κ1) is 24.0. The number of aliphatic hydroxyl groups is 1. The number of pyridine rings is 1. The van der Waals surface area contributed by atoms with E-state index >= 15 is 0 Å². The molecule has 1 unspecified atom stereocenters. The lowest BCUT2D eigenvalue weighted by molar-refractivity contribution is -0.140. The van der Waals surface area contributed by atoms with Crippen molar-refractivity contribution in [2.45, 2.75) is 32.4 Å². The number of ether oxygens (including phenoxy) is 2. The minimum absolute atomic E-state index is 0.0570. The first-order valence-corrected chi connectivity index (χ1v) is 10.9. The molecule has 1 aromatic carbocycles. The predicted octanol–water partition coefficient (Wildman–Crippen LogP) is 4.63. The van der Waals surface area contributed by atoms with Crippen LogP contribution in [0.4, 0.5) is 0 Å². The zero-order chi connectivity index (χ0) is 23.4. The molecule has 3 rings (SSSR count). The van der Waals surface area contributed by atoms with Crippen LogP contribution in [0.3, 0.4) is 0 Å². The van der Waals surface area contributed by atoms with Gasteiger partial charge in [0.15, 0.2) is 5.75 Å². The molecule has 1 aromatic heterocycles. The molecule has 1 aliphatic heterocycles. The largest absolute Gasteiger partial charge is 0.507 e. The molecule has 1 saturated heterocycles. The van der Waals surface area contributed by atoms with Crippen LogP contribution in [-0.4, -0.2) is 53.0 Å². The van der Waals surface area contributed by atoms with E-state index in [2.05, 4.69) is 4.98 Å². The summed E-state index contributed by atoms with van der Waals surface area (Å²) in [4.78, 5) is 31.6. The number of Topliss-reactive ketones (excluding diaryl/α,β-unsaturated/α-hetero) is 1. The Hall–Kier alpha value is -2.61. The molecule has 1 N–H and O–H groups in total. The molecule has 0 saturated carbocycles. The molecule has 7 nitrogen and oxygen atoms in total. The first-order chi connectivity index (χ1) is 15.3. The number of aliphatic hydroxyl groups excluding tert-OH is 1. The summed E-state index contributed by atoms with van der Waals surface area (Å²) in [5, 5.41) is 11.4. The highest BCUT2D eigenvalue weighted by Gasteiger charge is 2.46. The highest BCUT2D eigenvalue weighted by molar-refractivity contribution is 6.46. The average Bonchev–Trinajstić information content (AvgIpc) is 3.01. The van der Waals surface area contributed by atoms with Gasteiger partial charge in [0.1, 0.15) is 11.8 Å². The summed E-state index contributed by atoms with van der Waals surface area (Å²) in [6.45, 7) is 4.54. The molecule has 0 aliphatic carbocycles. The lowest BCUT2D eigenvalue weighted by Gasteiger charge is -2.24. The SMILES string of the molecule is COc1c(Cl)cc(/C(O)=C2\C(=O)C(=O)N(CCCOC(C)C)C2c2ccccn2)cc1Cl. The standard InChI is InChI=1S/C23H24Cl2N2O5/c1-13(2)32-10-6-9-27-19(17-7-4-5-8-26-17)18(21(29)23(27)30)20(28)14-11-15(24)22(31-3)16(25)12-14/h4-5,7-8,11-13,19,28H,6,9-10H2,1-3H3/b20-18+. The Morgan fingerprint density at radius 1 is 1.22 bits per heavy atom. The van der Waals surface area contributed by atoms with Crippen molar-refractivity contribution in [2.24, 2.45) is 0 Å². The fraction of sp³-hybridized carbons (Fsp3) is 0.348. The first-order valence-electron chi connectivity index (χ1n) is 10.1. The smallest absolute Gasteiger partial charge is 0.295 e. The summed E-state index contributed by atoms with van der Waals surface area (Å²) < 4.78 is 10.7. The minimum atomic E-state index is -0.852. The van der Waals surface area contributed by atoms with Gasteiger partial charge in [-0.2, -0.15) is 0 Å². The van der Waals surface area contributed by atoms with Crippen LogP contribution in [0.15, 0.2) is 42.1 Å². The number of ketones is 1. The third-order valence-corrected chi connectivity index (χ3v) is 5.54. The summed E-state index contributed by atoms with van der Waals surface area (Å²) in [6, 6.07) is 7.20. The average molecular weight is 479 g/mol. The van der Waals surface area contributed by atoms with Crippen LogP contribution in [0.25, 0.3) is 5.76 Å². The number of benzene rings is 1. The van der Waals surface area contributed by atoms with E-state index in [0.29, 0.717) is 18.7 Å². The summed E-state index contributed by atoms with van der Waals surface area (Å²) in [7, 11) is 1.42. The van der Waals surface area contributed by atoms with E-state index in [1.54, 1.807) is 24.4 Å². The molecule has 2 heterocycles. The van der Waals surface area contributed by atoms with E-state index in [1.807, 2.05) is 13.8 Å². The summed E-state index contributed by atoms with van der Waals surface area (Å²) in [5.41, 5.74) is 0.586. The van der Waals surface area contributed by atoms with E-state index in [0.717, 1.165) is 0 Å². The van der Waals surface area contributed by atoms with E-state index in [9.17, 15) is 14.7 Å². The van der Waals surface area contributed by atoms with Crippen LogP contribution in [0, 0.1) is 0 Å². The normalized spacial score (nSPS) is 17.9. The lowest BCUT2D eigenvalue weighted by Crippen LogP contribution is -2.31. The Balaban J connectivity index is 2.06. The fourth-order valence-electron chi connectivity index (χ4n) is 3.56. The van der Waals surface area contributed by atoms with E-state index in [-0.39, 0.29) is 45.3 Å². The fourth-order valence-corrected chi connectivity index (χ4v) is 4.20. The maximum Gasteiger partial charge on any atom is 0.295 e. The van der Waals surface area contributed by atoms with Crippen molar-refractivity contribution >= 4 is 40.7 Å². The van der Waals surface area contributed by atoms with Crippen molar-refractivity contribution in [3.8, 4) is 5.75 Å². The van der Waals surface area contributed by atoms with E-state index in [4.69, 9.17) is 32.7 Å². The molecule has 0 bridgehead atoms. The Bertz CT molecular complexity index is 1020. The molecule has 1 amide bonds. The number of likely N-dealkylation sites (tertiary alicyclic amines) is 1. The van der Waals surface area contributed by atoms with Crippen molar-refractivity contribution < 1.29 is 24.2 Å². The van der Waals surface area contributed by atoms with Crippen molar-refractivity contribution in [2.75, 3.05) is 20.3 Å². The predicted molar refractivity (Wildman–Crippen MR) is 122 cm³/mol. The molecule has 9 heteroatoms. The number of aromatic nitrogens is 1. The highest BCUT2D eigenvalue weighted by atomic mass is 35.5. The highest BCUT2D eigenvalue weighted by Crippen LogP contribution is 2.41. The van der Waals surface area contributed by atoms with Gasteiger partial charge in [-0.15, -0.1) is 0 Å². The van der Waals surface area contributed by atoms with Gasteiger partial charge in [-0.05, 0) is 44.5 Å². The zero-order valence-electron chi connectivity index (χ0n) is 18.0. The van der Waals surface area contributed by atoms with Crippen molar-refractivity contribution in [3.63, 3.8) is 0 Å². The number of hydrogen-bond acceptors (Lipinski definition) is 6. The third-order valence-electron chi connectivity index (χ3n) is 4.98. The quantitative estimate of drug-likeness (QED) is 0.257. The van der Waals surface area contributed by atoms with Crippen molar-refractivity contribution in [1.82, 2.24) is 9.88 Å². The summed E-state index contributed by atoms with van der Waals surface area (Å²) in [6.07, 6.45) is 2.15. The topological polar surface area (TPSA) is 89.0 Å². The van der Waals surface area contributed by atoms with E-state index in [1.165, 1.54) is 24.1 Å². The molecule has 32 heavy (non-hydrogen) atoms. The molecule has 1 fully saturated rings. The Kier molecular flexibility index (Phi) is 7.77. The van der Waals surface area contributed by atoms with Gasteiger partial charge in [-0.3, -0.25) is 14.6 Å². The van der Waals surface area contributed by atoms with E-state index < -0.39 is 17.7 Å². The second kappa shape index (κ2) is 10.3. The number of rotatable bonds is 8. The number of methoxy groups -OCH3 is 1. The monoisotopic (exact) mass is 478 g/mol. The Morgan fingerprint density at radius 3 is 2.47 bits per heavy atom. The van der Waals surface area contributed by atoms with Crippen LogP contribution in [0.2, 0.25) is 10.0 Å². The number of hydrogen-bond donors (Lipinski definition) is 1. The van der Waals surface area contributed by atoms with Gasteiger partial charge < -0.3 is 19.5 Å². The zero-order valence-corrected chi connectivity index (χ0v) is 19.5. The molecule has 170 valence electrons. The summed E-state index contributed by atoms with van der Waals surface area (Å²) in [5.74, 6) is -1.65. The Morgan fingerprint density at radius 2 is 1.91 bits per heavy atom. The van der Waals surface area contributed by atoms with Gasteiger partial charge in [0.2, 0.25) is 0 Å². The third kappa shape index (κ3) is 4.90. The molecule has 2 aromatic rings. The molecule has 0 spiro atoms. The second-order valence-electron chi connectivity index (χ2n) is 7.49. The van der Waals surface area contributed by atoms with Gasteiger partial charge in [-0.1, -0.05) is 29.3 Å². The number of carbonyl (C=O) groups excluding carboxylic acids is 2. The number of amides is 1. The van der Waals surface area contributed by atoms with Gasteiger partial charge in [0.25, 0.3) is 11.7 Å². The Labute approximate surface area is 196 Å². The second-order valence-corrected chi connectivity index (χ2v) is 8.31. The maximum atomic E-state index is 13.0.